The number of hydrogen-bond acceptors (Lipinski definition) is 4. The molecule has 1 unspecified atom stereocenters. The minimum absolute atomic E-state index is 0.140. The van der Waals surface area contributed by atoms with Crippen molar-refractivity contribution in [3.8, 4) is 11.5 Å². The number of nitrogens with zero attached hydrogens (tertiary/aromatic N) is 1. The average Bonchev–Trinajstić information content (AvgIpc) is 2.41. The van der Waals surface area contributed by atoms with Crippen molar-refractivity contribution in [3.63, 3.8) is 0 Å². The summed E-state index contributed by atoms with van der Waals surface area (Å²) in [6, 6.07) is 4.33. The molecule has 1 amide bonds. The van der Waals surface area contributed by atoms with Crippen molar-refractivity contribution in [2.24, 2.45) is 0 Å². The van der Waals surface area contributed by atoms with Gasteiger partial charge >= 0.3 is 0 Å². The molecule has 5 heteroatoms. The normalized spacial score (nSPS) is 19.5. The lowest BCUT2D eigenvalue weighted by molar-refractivity contribution is 0.0708. The molecule has 0 spiro atoms. The van der Waals surface area contributed by atoms with E-state index >= 15 is 0 Å². The molecule has 1 aliphatic heterocycles. The molecule has 0 saturated carbocycles. The Morgan fingerprint density at radius 2 is 2.17 bits per heavy atom. The van der Waals surface area contributed by atoms with Crippen LogP contribution >= 0.6 is 0 Å². The third kappa shape index (κ3) is 2.56. The molecule has 1 aromatic rings. The van der Waals surface area contributed by atoms with Gasteiger partial charge in [0.15, 0.2) is 11.5 Å². The Kier molecular flexibility index (Phi) is 3.72. The average molecular weight is 250 g/mol. The highest BCUT2D eigenvalue weighted by atomic mass is 16.3. The summed E-state index contributed by atoms with van der Waals surface area (Å²) in [6.45, 7) is 1.80. The third-order valence-corrected chi connectivity index (χ3v) is 3.36. The summed E-state index contributed by atoms with van der Waals surface area (Å²) >= 11 is 0. The second-order valence-corrected chi connectivity index (χ2v) is 4.62. The molecule has 1 fully saturated rings. The predicted molar refractivity (Wildman–Crippen MR) is 67.8 cm³/mol. The number of benzene rings is 1. The molecule has 1 aliphatic rings. The monoisotopic (exact) mass is 250 g/mol. The zero-order chi connectivity index (χ0) is 13.1. The molecule has 1 heterocycles. The van der Waals surface area contributed by atoms with E-state index in [9.17, 15) is 15.0 Å². The number of carbonyl (C=O) groups excluding carboxylic acids is 1. The van der Waals surface area contributed by atoms with E-state index in [1.54, 1.807) is 11.9 Å². The van der Waals surface area contributed by atoms with Gasteiger partial charge in [-0.1, -0.05) is 0 Å². The van der Waals surface area contributed by atoms with Crippen LogP contribution in [0.5, 0.6) is 11.5 Å². The minimum Gasteiger partial charge on any atom is -0.504 e. The van der Waals surface area contributed by atoms with Crippen LogP contribution < -0.4 is 5.32 Å². The lowest BCUT2D eigenvalue weighted by atomic mass is 10.1. The van der Waals surface area contributed by atoms with Gasteiger partial charge in [0.2, 0.25) is 0 Å². The first-order valence-corrected chi connectivity index (χ1v) is 6.09. The Bertz CT molecular complexity index is 442. The summed E-state index contributed by atoms with van der Waals surface area (Å²) in [5, 5.41) is 21.9. The molecule has 0 radical (unpaired) electrons. The van der Waals surface area contributed by atoms with Gasteiger partial charge in [-0.05, 0) is 37.6 Å². The van der Waals surface area contributed by atoms with Crippen molar-refractivity contribution in [2.75, 3.05) is 20.1 Å². The maximum atomic E-state index is 12.2. The van der Waals surface area contributed by atoms with E-state index in [0.29, 0.717) is 5.56 Å². The molecule has 0 bridgehead atoms. The first kappa shape index (κ1) is 12.7. The van der Waals surface area contributed by atoms with Gasteiger partial charge in [0, 0.05) is 25.2 Å². The van der Waals surface area contributed by atoms with E-state index in [1.807, 2.05) is 0 Å². The van der Waals surface area contributed by atoms with Crippen LogP contribution in [-0.2, 0) is 0 Å². The fraction of sp³-hybridized carbons (Fsp3) is 0.462. The molecule has 0 aromatic heterocycles. The van der Waals surface area contributed by atoms with Gasteiger partial charge in [-0.2, -0.15) is 0 Å². The number of nitrogens with one attached hydrogen (secondary N) is 1. The summed E-state index contributed by atoms with van der Waals surface area (Å²) in [6.07, 6.45) is 2.04. The lowest BCUT2D eigenvalue weighted by Gasteiger charge is -2.31. The van der Waals surface area contributed by atoms with Gasteiger partial charge in [0.1, 0.15) is 0 Å². The van der Waals surface area contributed by atoms with Crippen molar-refractivity contribution in [2.45, 2.75) is 18.9 Å². The van der Waals surface area contributed by atoms with Crippen LogP contribution in [-0.4, -0.2) is 47.2 Å². The van der Waals surface area contributed by atoms with Gasteiger partial charge in [-0.3, -0.25) is 4.79 Å². The Morgan fingerprint density at radius 3 is 2.78 bits per heavy atom. The number of amides is 1. The smallest absolute Gasteiger partial charge is 0.254 e. The van der Waals surface area contributed by atoms with Crippen LogP contribution in [0.25, 0.3) is 0 Å². The number of phenolic OH excluding ortho intramolecular Hbond substituents is 2. The number of aromatic hydroxyl groups is 2. The van der Waals surface area contributed by atoms with Crippen molar-refractivity contribution < 1.29 is 15.0 Å². The highest BCUT2D eigenvalue weighted by Gasteiger charge is 2.23. The number of likely N-dealkylation sites (N-methyl/N-ethyl adjacent to an activating group) is 1. The van der Waals surface area contributed by atoms with Gasteiger partial charge in [-0.15, -0.1) is 0 Å². The minimum atomic E-state index is -0.268. The molecule has 0 aliphatic carbocycles. The Hall–Kier alpha value is -1.75. The zero-order valence-electron chi connectivity index (χ0n) is 10.4. The maximum absolute atomic E-state index is 12.2. The van der Waals surface area contributed by atoms with Crippen molar-refractivity contribution in [3.05, 3.63) is 23.8 Å². The molecule has 5 nitrogen and oxygen atoms in total. The SMILES string of the molecule is CN(C(=O)c1ccc(O)c(O)c1)C1CCCNC1. The zero-order valence-corrected chi connectivity index (χ0v) is 10.4. The summed E-state index contributed by atoms with van der Waals surface area (Å²) in [7, 11) is 1.77. The Morgan fingerprint density at radius 1 is 1.39 bits per heavy atom. The largest absolute Gasteiger partial charge is 0.504 e. The van der Waals surface area contributed by atoms with E-state index in [1.165, 1.54) is 18.2 Å². The number of carbonyl (C=O) groups is 1. The first-order chi connectivity index (χ1) is 8.59. The molecular formula is C13H18N2O3. The van der Waals surface area contributed by atoms with Crippen LogP contribution in [0.15, 0.2) is 18.2 Å². The summed E-state index contributed by atoms with van der Waals surface area (Å²) in [4.78, 5) is 13.9. The quantitative estimate of drug-likeness (QED) is 0.682. The topological polar surface area (TPSA) is 72.8 Å². The molecular weight excluding hydrogens is 232 g/mol. The van der Waals surface area contributed by atoms with Crippen molar-refractivity contribution in [1.29, 1.82) is 0 Å². The van der Waals surface area contributed by atoms with Gasteiger partial charge in [0.25, 0.3) is 5.91 Å². The highest BCUT2D eigenvalue weighted by molar-refractivity contribution is 5.95. The number of piperidine rings is 1. The fourth-order valence-corrected chi connectivity index (χ4v) is 2.19. The van der Waals surface area contributed by atoms with E-state index < -0.39 is 0 Å². The molecule has 18 heavy (non-hydrogen) atoms. The molecule has 1 atom stereocenters. The number of rotatable bonds is 2. The molecule has 3 N–H and O–H groups in total. The standard InChI is InChI=1S/C13H18N2O3/c1-15(10-3-2-6-14-8-10)13(18)9-4-5-11(16)12(17)7-9/h4-5,7,10,14,16-17H,2-3,6,8H2,1H3. The van der Waals surface area contributed by atoms with Gasteiger partial charge < -0.3 is 20.4 Å². The second-order valence-electron chi connectivity index (χ2n) is 4.62. The summed E-state index contributed by atoms with van der Waals surface area (Å²) in [5.74, 6) is -0.622. The number of phenols is 2. The predicted octanol–water partition coefficient (Wildman–Crippen LogP) is 0.922. The Labute approximate surface area is 106 Å². The van der Waals surface area contributed by atoms with E-state index in [-0.39, 0.29) is 23.4 Å². The lowest BCUT2D eigenvalue weighted by Crippen LogP contribution is -2.46. The first-order valence-electron chi connectivity index (χ1n) is 6.09. The van der Waals surface area contributed by atoms with Crippen LogP contribution in [0.1, 0.15) is 23.2 Å². The molecule has 1 aromatic carbocycles. The molecule has 2 rings (SSSR count). The summed E-state index contributed by atoms with van der Waals surface area (Å²) < 4.78 is 0. The number of hydrogen-bond donors (Lipinski definition) is 3. The molecule has 1 saturated heterocycles. The van der Waals surface area contributed by atoms with Crippen LogP contribution in [0.4, 0.5) is 0 Å². The Balaban J connectivity index is 2.11. The van der Waals surface area contributed by atoms with E-state index in [4.69, 9.17) is 0 Å². The van der Waals surface area contributed by atoms with E-state index in [0.717, 1.165) is 25.9 Å². The second kappa shape index (κ2) is 5.27. The maximum Gasteiger partial charge on any atom is 0.254 e. The summed E-state index contributed by atoms with van der Waals surface area (Å²) in [5.41, 5.74) is 0.387. The highest BCUT2D eigenvalue weighted by Crippen LogP contribution is 2.25. The van der Waals surface area contributed by atoms with Crippen LogP contribution in [0.3, 0.4) is 0 Å². The van der Waals surface area contributed by atoms with E-state index in [2.05, 4.69) is 5.32 Å². The fourth-order valence-electron chi connectivity index (χ4n) is 2.19. The van der Waals surface area contributed by atoms with Crippen LogP contribution in [0.2, 0.25) is 0 Å². The molecule has 98 valence electrons. The van der Waals surface area contributed by atoms with Crippen molar-refractivity contribution in [1.82, 2.24) is 10.2 Å². The van der Waals surface area contributed by atoms with Crippen LogP contribution in [0, 0.1) is 0 Å². The van der Waals surface area contributed by atoms with Gasteiger partial charge in [-0.25, -0.2) is 0 Å². The van der Waals surface area contributed by atoms with Crippen molar-refractivity contribution >= 4 is 5.91 Å². The van der Waals surface area contributed by atoms with Gasteiger partial charge in [0.05, 0.1) is 0 Å². The third-order valence-electron chi connectivity index (χ3n) is 3.36.